The number of aryl methyl sites for hydroxylation is 1. The molecule has 0 atom stereocenters. The molecule has 2 heterocycles. The number of carbonyl (C=O) groups excluding carboxylic acids is 1. The number of anilines is 1. The summed E-state index contributed by atoms with van der Waals surface area (Å²) in [5.41, 5.74) is 3.47. The summed E-state index contributed by atoms with van der Waals surface area (Å²) in [6, 6.07) is 15.5. The molecule has 0 unspecified atom stereocenters. The zero-order valence-electron chi connectivity index (χ0n) is 13.5. The van der Waals surface area contributed by atoms with Gasteiger partial charge in [-0.05, 0) is 30.7 Å². The second kappa shape index (κ2) is 6.52. The van der Waals surface area contributed by atoms with E-state index in [1.54, 1.807) is 10.8 Å². The van der Waals surface area contributed by atoms with Crippen molar-refractivity contribution in [1.29, 1.82) is 0 Å². The third-order valence-corrected chi connectivity index (χ3v) is 4.65. The molecule has 1 N–H and O–H groups in total. The first-order valence-electron chi connectivity index (χ1n) is 7.79. The molecular formula is C18H15N5OS. The molecule has 7 heteroatoms. The van der Waals surface area contributed by atoms with Crippen molar-refractivity contribution in [2.75, 3.05) is 11.1 Å². The fourth-order valence-electron chi connectivity index (χ4n) is 2.55. The van der Waals surface area contributed by atoms with Crippen molar-refractivity contribution < 1.29 is 4.79 Å². The highest BCUT2D eigenvalue weighted by atomic mass is 32.2. The molecule has 0 aliphatic carbocycles. The van der Waals surface area contributed by atoms with Crippen molar-refractivity contribution in [1.82, 2.24) is 19.6 Å². The molecule has 0 aliphatic heterocycles. The van der Waals surface area contributed by atoms with Crippen LogP contribution in [0.4, 0.5) is 5.69 Å². The van der Waals surface area contributed by atoms with Gasteiger partial charge in [0, 0.05) is 11.1 Å². The zero-order chi connectivity index (χ0) is 17.2. The molecule has 0 radical (unpaired) electrons. The van der Waals surface area contributed by atoms with E-state index in [0.717, 1.165) is 27.8 Å². The molecule has 0 fully saturated rings. The molecule has 2 aromatic heterocycles. The summed E-state index contributed by atoms with van der Waals surface area (Å²) in [7, 11) is 0. The summed E-state index contributed by atoms with van der Waals surface area (Å²) < 4.78 is 1.64. The van der Waals surface area contributed by atoms with Crippen LogP contribution in [0, 0.1) is 6.92 Å². The van der Waals surface area contributed by atoms with Gasteiger partial charge in [-0.2, -0.15) is 0 Å². The predicted molar refractivity (Wildman–Crippen MR) is 98.8 cm³/mol. The van der Waals surface area contributed by atoms with Gasteiger partial charge in [0.25, 0.3) is 0 Å². The fourth-order valence-corrected chi connectivity index (χ4v) is 3.18. The lowest BCUT2D eigenvalue weighted by Crippen LogP contribution is -2.14. The molecule has 0 spiro atoms. The van der Waals surface area contributed by atoms with Crippen molar-refractivity contribution in [3.8, 4) is 0 Å². The largest absolute Gasteiger partial charge is 0.325 e. The molecule has 1 amide bonds. The van der Waals surface area contributed by atoms with E-state index < -0.39 is 0 Å². The molecule has 0 saturated carbocycles. The van der Waals surface area contributed by atoms with Gasteiger partial charge < -0.3 is 5.32 Å². The lowest BCUT2D eigenvalue weighted by Gasteiger charge is -2.06. The summed E-state index contributed by atoms with van der Waals surface area (Å²) in [6.07, 6.45) is 1.64. The molecule has 0 saturated heterocycles. The maximum atomic E-state index is 12.2. The van der Waals surface area contributed by atoms with Crippen molar-refractivity contribution in [3.05, 3.63) is 60.4 Å². The van der Waals surface area contributed by atoms with E-state index in [2.05, 4.69) is 20.4 Å². The molecule has 0 aliphatic rings. The molecular weight excluding hydrogens is 334 g/mol. The van der Waals surface area contributed by atoms with Crippen molar-refractivity contribution >= 4 is 39.9 Å². The lowest BCUT2D eigenvalue weighted by atomic mass is 10.2. The fraction of sp³-hybridized carbons (Fsp3) is 0.111. The quantitative estimate of drug-likeness (QED) is 0.572. The Labute approximate surface area is 148 Å². The van der Waals surface area contributed by atoms with E-state index in [1.807, 2.05) is 55.5 Å². The van der Waals surface area contributed by atoms with Crippen LogP contribution in [0.2, 0.25) is 0 Å². The third kappa shape index (κ3) is 3.18. The topological polar surface area (TPSA) is 72.2 Å². The maximum Gasteiger partial charge on any atom is 0.234 e. The van der Waals surface area contributed by atoms with Crippen LogP contribution in [0.3, 0.4) is 0 Å². The number of nitrogens with zero attached hydrogens (tertiary/aromatic N) is 4. The van der Waals surface area contributed by atoms with Crippen LogP contribution in [0.15, 0.2) is 60.0 Å². The van der Waals surface area contributed by atoms with Crippen molar-refractivity contribution in [2.45, 2.75) is 12.1 Å². The maximum absolute atomic E-state index is 12.2. The third-order valence-electron chi connectivity index (χ3n) is 3.81. The summed E-state index contributed by atoms with van der Waals surface area (Å²) in [6.45, 7) is 1.96. The second-order valence-corrected chi connectivity index (χ2v) is 6.52. The van der Waals surface area contributed by atoms with E-state index in [0.29, 0.717) is 5.16 Å². The normalized spacial score (nSPS) is 11.1. The van der Waals surface area contributed by atoms with Crippen LogP contribution in [0.25, 0.3) is 16.6 Å². The Kier molecular flexibility index (Phi) is 4.07. The van der Waals surface area contributed by atoms with Gasteiger partial charge in [-0.15, -0.1) is 5.10 Å². The van der Waals surface area contributed by atoms with E-state index in [4.69, 9.17) is 0 Å². The number of thioether (sulfide) groups is 1. The van der Waals surface area contributed by atoms with Gasteiger partial charge in [0.05, 0.1) is 11.3 Å². The Bertz CT molecular complexity index is 1080. The van der Waals surface area contributed by atoms with Gasteiger partial charge in [-0.3, -0.25) is 4.79 Å². The minimum atomic E-state index is -0.0823. The number of para-hydroxylation sites is 2. The number of fused-ring (bicyclic) bond motifs is 3. The van der Waals surface area contributed by atoms with Crippen LogP contribution in [-0.4, -0.2) is 31.2 Å². The van der Waals surface area contributed by atoms with Gasteiger partial charge in [-0.1, -0.05) is 42.1 Å². The minimum Gasteiger partial charge on any atom is -0.325 e. The number of benzene rings is 2. The van der Waals surface area contributed by atoms with Gasteiger partial charge in [0.15, 0.2) is 5.65 Å². The van der Waals surface area contributed by atoms with E-state index in [-0.39, 0.29) is 11.7 Å². The Morgan fingerprint density at radius 1 is 1.16 bits per heavy atom. The SMILES string of the molecule is Cc1ccccc1NC(=O)CSc1nc2c3ccccc3ncn2n1. The van der Waals surface area contributed by atoms with E-state index in [9.17, 15) is 4.79 Å². The highest BCUT2D eigenvalue weighted by molar-refractivity contribution is 7.99. The number of carbonyl (C=O) groups is 1. The Hall–Kier alpha value is -2.93. The van der Waals surface area contributed by atoms with Crippen molar-refractivity contribution in [3.63, 3.8) is 0 Å². The second-order valence-electron chi connectivity index (χ2n) is 5.58. The zero-order valence-corrected chi connectivity index (χ0v) is 14.3. The first-order chi connectivity index (χ1) is 12.2. The van der Waals surface area contributed by atoms with Crippen LogP contribution in [0.1, 0.15) is 5.56 Å². The molecule has 25 heavy (non-hydrogen) atoms. The Balaban J connectivity index is 1.50. The first kappa shape index (κ1) is 15.6. The minimum absolute atomic E-state index is 0.0823. The molecule has 4 aromatic rings. The van der Waals surface area contributed by atoms with Crippen LogP contribution < -0.4 is 5.32 Å². The summed E-state index contributed by atoms with van der Waals surface area (Å²) >= 11 is 1.31. The average Bonchev–Trinajstić information content (AvgIpc) is 3.06. The smallest absolute Gasteiger partial charge is 0.234 e. The standard InChI is InChI=1S/C18H15N5OS/c1-12-6-2-4-8-14(12)20-16(24)10-25-18-21-17-13-7-3-5-9-15(13)19-11-23(17)22-18/h2-9,11H,10H2,1H3,(H,20,24). The predicted octanol–water partition coefficient (Wildman–Crippen LogP) is 3.32. The molecule has 4 rings (SSSR count). The number of hydrogen-bond donors (Lipinski definition) is 1. The van der Waals surface area contributed by atoms with Gasteiger partial charge in [0.1, 0.15) is 6.33 Å². The Morgan fingerprint density at radius 2 is 1.96 bits per heavy atom. The number of aromatic nitrogens is 4. The number of hydrogen-bond acceptors (Lipinski definition) is 5. The molecule has 2 aromatic carbocycles. The van der Waals surface area contributed by atoms with Crippen LogP contribution >= 0.6 is 11.8 Å². The summed E-state index contributed by atoms with van der Waals surface area (Å²) in [5, 5.41) is 8.79. The average molecular weight is 349 g/mol. The molecule has 0 bridgehead atoms. The highest BCUT2D eigenvalue weighted by Gasteiger charge is 2.11. The first-order valence-corrected chi connectivity index (χ1v) is 8.78. The number of amides is 1. The number of nitrogens with one attached hydrogen (secondary N) is 1. The van der Waals surface area contributed by atoms with Gasteiger partial charge in [-0.25, -0.2) is 14.5 Å². The molecule has 6 nitrogen and oxygen atoms in total. The number of rotatable bonds is 4. The lowest BCUT2D eigenvalue weighted by molar-refractivity contribution is -0.113. The van der Waals surface area contributed by atoms with Crippen molar-refractivity contribution in [2.24, 2.45) is 0 Å². The van der Waals surface area contributed by atoms with E-state index in [1.165, 1.54) is 11.8 Å². The van der Waals surface area contributed by atoms with Gasteiger partial charge in [0.2, 0.25) is 11.1 Å². The van der Waals surface area contributed by atoms with Gasteiger partial charge >= 0.3 is 0 Å². The molecule has 124 valence electrons. The summed E-state index contributed by atoms with van der Waals surface area (Å²) in [4.78, 5) is 21.0. The summed E-state index contributed by atoms with van der Waals surface area (Å²) in [5.74, 6) is 0.164. The van der Waals surface area contributed by atoms with Crippen LogP contribution in [-0.2, 0) is 4.79 Å². The monoisotopic (exact) mass is 349 g/mol. The Morgan fingerprint density at radius 3 is 2.84 bits per heavy atom. The highest BCUT2D eigenvalue weighted by Crippen LogP contribution is 2.20. The van der Waals surface area contributed by atoms with Crippen LogP contribution in [0.5, 0.6) is 0 Å². The van der Waals surface area contributed by atoms with E-state index >= 15 is 0 Å².